The predicted octanol–water partition coefficient (Wildman–Crippen LogP) is -7.29. The number of aliphatic hydroxyl groups excluding tert-OH is 17. The molecule has 0 aromatic carbocycles. The van der Waals surface area contributed by atoms with Crippen molar-refractivity contribution in [2.45, 2.75) is 231 Å². The van der Waals surface area contributed by atoms with Crippen molar-refractivity contribution in [1.29, 1.82) is 0 Å². The van der Waals surface area contributed by atoms with E-state index in [1.807, 2.05) is 6.92 Å². The van der Waals surface area contributed by atoms with Crippen LogP contribution in [0.4, 0.5) is 0 Å². The lowest BCUT2D eigenvalue weighted by Crippen LogP contribution is -2.68. The summed E-state index contributed by atoms with van der Waals surface area (Å²) in [5.41, 5.74) is -2.79. The highest BCUT2D eigenvalue weighted by Crippen LogP contribution is 2.74. The Kier molecular flexibility index (Phi) is 18.2. The van der Waals surface area contributed by atoms with Crippen molar-refractivity contribution in [2.24, 2.45) is 28.1 Å². The lowest BCUT2D eigenvalue weighted by Gasteiger charge is -2.64. The van der Waals surface area contributed by atoms with Crippen LogP contribution in [0.15, 0.2) is 12.2 Å². The fourth-order valence-electron chi connectivity index (χ4n) is 14.9. The van der Waals surface area contributed by atoms with Gasteiger partial charge in [-0.15, -0.1) is 0 Å². The molecule has 78 heavy (non-hydrogen) atoms. The third-order valence-corrected chi connectivity index (χ3v) is 19.2. The highest BCUT2D eigenvalue weighted by molar-refractivity contribution is 5.77. The summed E-state index contributed by atoms with van der Waals surface area (Å²) < 4.78 is 60.5. The van der Waals surface area contributed by atoms with Gasteiger partial charge in [0.2, 0.25) is 6.29 Å². The lowest BCUT2D eigenvalue weighted by molar-refractivity contribution is -0.403. The third kappa shape index (κ3) is 10.4. The molecule has 2 bridgehead atoms. The highest BCUT2D eigenvalue weighted by atomic mass is 16.8. The van der Waals surface area contributed by atoms with Gasteiger partial charge in [-0.3, -0.25) is 4.79 Å². The first kappa shape index (κ1) is 60.8. The number of hydrogen-bond acceptors (Lipinski definition) is 28. The fraction of sp³-hybridized carbons (Fsp3) is 0.940. The average Bonchev–Trinajstić information content (AvgIpc) is 3.88. The Bertz CT molecular complexity index is 2070. The van der Waals surface area contributed by atoms with E-state index in [2.05, 4.69) is 13.5 Å². The summed E-state index contributed by atoms with van der Waals surface area (Å²) in [4.78, 5) is 14.4. The molecular weight excluding hydrogens is 1050 g/mol. The third-order valence-electron chi connectivity index (χ3n) is 19.2. The molecule has 15 unspecified atom stereocenters. The number of carbonyl (C=O) groups is 1. The predicted molar refractivity (Wildman–Crippen MR) is 252 cm³/mol. The van der Waals surface area contributed by atoms with Crippen molar-refractivity contribution in [3.63, 3.8) is 0 Å². The SMILES string of the molecule is C=C1C[C@@]23CC[C@H]4[C@@](C)(CCC[C@@]4(C)C(=O)O[C@@H]4OC(CO)[C@@H](O)C(O)C4O)[C@@H]2CC[C@]1(O[C@@H]1OC(CO[C@@H]2OC(CO)[C@@H](O)C(O)C2O)[C@@H](O)C(O[C@@H]2OC(CO)[C@@H](O)C(O)C2O)C1O[C@@H]1OC(CO)[C@@H](O)C(O)C1O)C3. The first-order chi connectivity index (χ1) is 36.8. The monoisotopic (exact) mass is 1130 g/mol. The van der Waals surface area contributed by atoms with Gasteiger partial charge in [-0.2, -0.15) is 0 Å². The van der Waals surface area contributed by atoms with Crippen molar-refractivity contribution in [3.05, 3.63) is 12.2 Å². The van der Waals surface area contributed by atoms with E-state index >= 15 is 0 Å². The number of hydrogen-bond donors (Lipinski definition) is 17. The first-order valence-corrected chi connectivity index (χ1v) is 26.9. The molecule has 5 heterocycles. The molecule has 0 aromatic rings. The van der Waals surface area contributed by atoms with Crippen LogP contribution in [-0.4, -0.2) is 285 Å². The van der Waals surface area contributed by atoms with Crippen molar-refractivity contribution < 1.29 is 139 Å². The molecule has 9 rings (SSSR count). The largest absolute Gasteiger partial charge is 0.432 e. The van der Waals surface area contributed by atoms with E-state index in [-0.39, 0.29) is 18.3 Å². The Hall–Kier alpha value is -1.83. The standard InChI is InChI=1S/C50H80O28/c1-18-11-49-9-5-24-47(2,7-4-8-48(24,3)46(68)77-44-38(67)34(63)29(58)22(15-54)73-44)25(49)6-10-50(18,17-49)78-45-40(76-43-37(66)33(62)28(57)21(14-53)72-43)39(75-42-36(65)32(61)27(56)20(13-52)71-42)30(59)23(74-45)16-69-41-35(64)31(60)26(55)19(12-51)70-41/h19-45,51-67H,1,4-17H2,2-3H3/t19?,20?,21?,22?,23?,24-,25-,26+,27+,28+,29+,30+,31?,32?,33?,34?,35?,36?,37?,38?,39?,40?,41+,42-,43-,44-,45-,47+,48+,49+,50-/m0/s1. The van der Waals surface area contributed by atoms with Gasteiger partial charge >= 0.3 is 5.97 Å². The summed E-state index contributed by atoms with van der Waals surface area (Å²) >= 11 is 0. The molecule has 28 nitrogen and oxygen atoms in total. The summed E-state index contributed by atoms with van der Waals surface area (Å²) in [6.07, 6.45) is -40.4. The normalized spacial score (nSPS) is 54.5. The van der Waals surface area contributed by atoms with Gasteiger partial charge in [0.05, 0.1) is 44.1 Å². The molecular formula is C50H80O28. The average molecular weight is 1130 g/mol. The molecule has 0 amide bonds. The fourth-order valence-corrected chi connectivity index (χ4v) is 14.9. The molecule has 9 fully saturated rings. The molecule has 1 spiro atoms. The van der Waals surface area contributed by atoms with Gasteiger partial charge in [0.1, 0.15) is 122 Å². The molecule has 5 saturated heterocycles. The molecule has 4 saturated carbocycles. The highest BCUT2D eigenvalue weighted by Gasteiger charge is 2.70. The Morgan fingerprint density at radius 3 is 1.49 bits per heavy atom. The van der Waals surface area contributed by atoms with Gasteiger partial charge < -0.3 is 134 Å². The van der Waals surface area contributed by atoms with Crippen molar-refractivity contribution in [3.8, 4) is 0 Å². The van der Waals surface area contributed by atoms with Crippen LogP contribution >= 0.6 is 0 Å². The zero-order valence-electron chi connectivity index (χ0n) is 43.3. The summed E-state index contributed by atoms with van der Waals surface area (Å²) in [6, 6.07) is 0. The van der Waals surface area contributed by atoms with Crippen LogP contribution in [0, 0.1) is 28.1 Å². The van der Waals surface area contributed by atoms with Crippen LogP contribution in [0.3, 0.4) is 0 Å². The van der Waals surface area contributed by atoms with Crippen LogP contribution in [0.2, 0.25) is 0 Å². The molecule has 0 aromatic heterocycles. The number of rotatable bonds is 15. The number of carbonyl (C=O) groups excluding carboxylic acids is 1. The van der Waals surface area contributed by atoms with E-state index in [9.17, 15) is 91.6 Å². The Morgan fingerprint density at radius 2 is 0.962 bits per heavy atom. The van der Waals surface area contributed by atoms with Crippen LogP contribution in [0.5, 0.6) is 0 Å². The van der Waals surface area contributed by atoms with Gasteiger partial charge in [-0.05, 0) is 86.5 Å². The quantitative estimate of drug-likeness (QED) is 0.0411. The first-order valence-electron chi connectivity index (χ1n) is 26.9. The Balaban J connectivity index is 1.03. The lowest BCUT2D eigenvalue weighted by atomic mass is 9.41. The van der Waals surface area contributed by atoms with Crippen LogP contribution in [-0.2, 0) is 52.2 Å². The molecule has 17 N–H and O–H groups in total. The van der Waals surface area contributed by atoms with Gasteiger partial charge in [-0.25, -0.2) is 0 Å². The summed E-state index contributed by atoms with van der Waals surface area (Å²) in [5, 5.41) is 181. The number of ether oxygens (including phenoxy) is 10. The molecule has 9 aliphatic rings. The van der Waals surface area contributed by atoms with E-state index in [0.29, 0.717) is 50.5 Å². The van der Waals surface area contributed by atoms with Crippen molar-refractivity contribution >= 4 is 5.97 Å². The van der Waals surface area contributed by atoms with E-state index in [4.69, 9.17) is 47.4 Å². The topological polar surface area (TPSA) is 453 Å². The van der Waals surface area contributed by atoms with Gasteiger partial charge in [0, 0.05) is 0 Å². The van der Waals surface area contributed by atoms with Crippen LogP contribution in [0.1, 0.15) is 71.6 Å². The smallest absolute Gasteiger partial charge is 0.314 e. The Morgan fingerprint density at radius 1 is 0.513 bits per heavy atom. The second kappa shape index (κ2) is 23.3. The maximum absolute atomic E-state index is 14.4. The summed E-state index contributed by atoms with van der Waals surface area (Å²) in [5.74, 6) is -0.995. The maximum Gasteiger partial charge on any atom is 0.314 e. The van der Waals surface area contributed by atoms with E-state index in [0.717, 1.165) is 6.42 Å². The van der Waals surface area contributed by atoms with Gasteiger partial charge in [0.15, 0.2) is 25.2 Å². The van der Waals surface area contributed by atoms with Crippen molar-refractivity contribution in [1.82, 2.24) is 0 Å². The van der Waals surface area contributed by atoms with Gasteiger partial charge in [-0.1, -0.05) is 19.9 Å². The zero-order valence-corrected chi connectivity index (χ0v) is 43.3. The maximum atomic E-state index is 14.4. The minimum absolute atomic E-state index is 0.0587. The van der Waals surface area contributed by atoms with E-state index in [1.54, 1.807) is 0 Å². The van der Waals surface area contributed by atoms with Crippen molar-refractivity contribution in [2.75, 3.05) is 33.0 Å². The summed E-state index contributed by atoms with van der Waals surface area (Å²) in [7, 11) is 0. The molecule has 31 atom stereocenters. The minimum Gasteiger partial charge on any atom is -0.432 e. The number of aliphatic hydroxyl groups is 17. The number of fused-ring (bicyclic) bond motifs is 3. The molecule has 28 heteroatoms. The Labute approximate surface area is 448 Å². The van der Waals surface area contributed by atoms with E-state index in [1.165, 1.54) is 0 Å². The van der Waals surface area contributed by atoms with Crippen LogP contribution in [0.25, 0.3) is 0 Å². The molecule has 0 radical (unpaired) electrons. The second-order valence-electron chi connectivity index (χ2n) is 23.7. The zero-order chi connectivity index (χ0) is 56.7. The second-order valence-corrected chi connectivity index (χ2v) is 23.7. The number of esters is 1. The minimum atomic E-state index is -2.06. The van der Waals surface area contributed by atoms with Crippen LogP contribution < -0.4 is 0 Å². The van der Waals surface area contributed by atoms with E-state index < -0.39 is 214 Å². The molecule has 4 aliphatic carbocycles. The molecule has 448 valence electrons. The van der Waals surface area contributed by atoms with Gasteiger partial charge in [0.25, 0.3) is 0 Å². The molecule has 5 aliphatic heterocycles. The summed E-state index contributed by atoms with van der Waals surface area (Å²) in [6.45, 7) is 4.47.